The lowest BCUT2D eigenvalue weighted by Gasteiger charge is -2.07. The van der Waals surface area contributed by atoms with Crippen LogP contribution in [0.5, 0.6) is 0 Å². The molecular formula is C14H15ClN4O2. The van der Waals surface area contributed by atoms with Crippen molar-refractivity contribution in [3.63, 3.8) is 0 Å². The maximum atomic E-state index is 12.0. The van der Waals surface area contributed by atoms with Crippen LogP contribution in [0.15, 0.2) is 29.5 Å². The summed E-state index contributed by atoms with van der Waals surface area (Å²) in [4.78, 5) is 16.0. The lowest BCUT2D eigenvalue weighted by molar-refractivity contribution is 0.0526. The first-order valence-corrected chi connectivity index (χ1v) is 6.72. The van der Waals surface area contributed by atoms with E-state index in [0.29, 0.717) is 10.6 Å². The molecule has 1 aromatic heterocycles. The van der Waals surface area contributed by atoms with Crippen LogP contribution in [0.4, 0.5) is 5.95 Å². The molecule has 1 heterocycles. The normalized spacial score (nSPS) is 11.0. The molecule has 0 unspecified atom stereocenters. The Hall–Kier alpha value is -2.34. The highest BCUT2D eigenvalue weighted by Crippen LogP contribution is 2.20. The van der Waals surface area contributed by atoms with Gasteiger partial charge in [-0.25, -0.2) is 14.5 Å². The molecule has 0 saturated carbocycles. The minimum Gasteiger partial charge on any atom is -0.462 e. The molecule has 6 nitrogen and oxygen atoms in total. The number of esters is 1. The average molecular weight is 307 g/mol. The summed E-state index contributed by atoms with van der Waals surface area (Å²) >= 11 is 6.07. The topological polar surface area (TPSA) is 82.5 Å². The van der Waals surface area contributed by atoms with Gasteiger partial charge in [0.1, 0.15) is 0 Å². The number of ether oxygens (including phenoxy) is 1. The second kappa shape index (κ2) is 6.41. The summed E-state index contributed by atoms with van der Waals surface area (Å²) in [7, 11) is 0. The molecule has 2 rings (SSSR count). The molecule has 0 radical (unpaired) electrons. The van der Waals surface area contributed by atoms with Crippen LogP contribution >= 0.6 is 11.6 Å². The van der Waals surface area contributed by atoms with Gasteiger partial charge in [0.25, 0.3) is 0 Å². The largest absolute Gasteiger partial charge is 0.462 e. The van der Waals surface area contributed by atoms with Gasteiger partial charge in [-0.05, 0) is 19.9 Å². The molecule has 1 aromatic carbocycles. The number of nitrogens with two attached hydrogens (primary N) is 1. The summed E-state index contributed by atoms with van der Waals surface area (Å²) in [6, 6.07) is 5.08. The molecule has 0 amide bonds. The molecule has 0 spiro atoms. The third kappa shape index (κ3) is 3.41. The van der Waals surface area contributed by atoms with Gasteiger partial charge in [-0.15, -0.1) is 0 Å². The first-order valence-electron chi connectivity index (χ1n) is 6.34. The lowest BCUT2D eigenvalue weighted by atomic mass is 10.1. The molecule has 0 saturated heterocycles. The fourth-order valence-electron chi connectivity index (χ4n) is 1.79. The van der Waals surface area contributed by atoms with E-state index in [1.807, 2.05) is 6.92 Å². The predicted molar refractivity (Wildman–Crippen MR) is 81.8 cm³/mol. The van der Waals surface area contributed by atoms with E-state index in [2.05, 4.69) is 10.1 Å². The Labute approximate surface area is 127 Å². The molecule has 2 N–H and O–H groups in total. The van der Waals surface area contributed by atoms with Crippen LogP contribution in [-0.4, -0.2) is 28.5 Å². The van der Waals surface area contributed by atoms with Crippen LogP contribution in [0.25, 0.3) is 0 Å². The van der Waals surface area contributed by atoms with Crippen molar-refractivity contribution in [2.24, 2.45) is 5.10 Å². The number of imidazole rings is 1. The van der Waals surface area contributed by atoms with E-state index in [1.54, 1.807) is 31.3 Å². The summed E-state index contributed by atoms with van der Waals surface area (Å²) in [5.41, 5.74) is 7.28. The first kappa shape index (κ1) is 15.1. The number of nitrogens with zero attached hydrogens (tertiary/aromatic N) is 3. The SMILES string of the molecule is CCOC(=O)c1c(Cl)cccc1C=Nn1cc(C)nc1N. The minimum atomic E-state index is -0.487. The average Bonchev–Trinajstić information content (AvgIpc) is 2.74. The molecule has 0 fully saturated rings. The zero-order chi connectivity index (χ0) is 15.4. The third-order valence-corrected chi connectivity index (χ3v) is 3.00. The first-order chi connectivity index (χ1) is 10.0. The van der Waals surface area contributed by atoms with Crippen LogP contribution < -0.4 is 5.73 Å². The number of aryl methyl sites for hydroxylation is 1. The summed E-state index contributed by atoms with van der Waals surface area (Å²) < 4.78 is 6.42. The van der Waals surface area contributed by atoms with Crippen LogP contribution in [0.1, 0.15) is 28.5 Å². The van der Waals surface area contributed by atoms with E-state index in [1.165, 1.54) is 10.9 Å². The van der Waals surface area contributed by atoms with Crippen LogP contribution in [0.2, 0.25) is 5.02 Å². The van der Waals surface area contributed by atoms with Gasteiger partial charge < -0.3 is 10.5 Å². The number of carbonyl (C=O) groups excluding carboxylic acids is 1. The van der Waals surface area contributed by atoms with Crippen molar-refractivity contribution in [1.82, 2.24) is 9.66 Å². The number of hydrogen-bond donors (Lipinski definition) is 1. The summed E-state index contributed by atoms with van der Waals surface area (Å²) in [6.45, 7) is 3.82. The number of hydrogen-bond acceptors (Lipinski definition) is 5. The zero-order valence-corrected chi connectivity index (χ0v) is 12.5. The Balaban J connectivity index is 2.38. The third-order valence-electron chi connectivity index (χ3n) is 2.68. The van der Waals surface area contributed by atoms with E-state index < -0.39 is 5.97 Å². The van der Waals surface area contributed by atoms with E-state index in [9.17, 15) is 4.79 Å². The minimum absolute atomic E-state index is 0.267. The highest BCUT2D eigenvalue weighted by molar-refractivity contribution is 6.34. The predicted octanol–water partition coefficient (Wildman–Crippen LogP) is 2.49. The summed E-state index contributed by atoms with van der Waals surface area (Å²) in [6.07, 6.45) is 3.18. The maximum absolute atomic E-state index is 12.0. The van der Waals surface area contributed by atoms with Crippen LogP contribution in [-0.2, 0) is 4.74 Å². The zero-order valence-electron chi connectivity index (χ0n) is 11.7. The molecule has 110 valence electrons. The fourth-order valence-corrected chi connectivity index (χ4v) is 2.05. The number of anilines is 1. The van der Waals surface area contributed by atoms with Gasteiger partial charge in [0.2, 0.25) is 5.95 Å². The Kier molecular flexibility index (Phi) is 4.59. The molecule has 0 atom stereocenters. The van der Waals surface area contributed by atoms with Gasteiger partial charge in [0.05, 0.1) is 35.3 Å². The van der Waals surface area contributed by atoms with Gasteiger partial charge >= 0.3 is 5.97 Å². The van der Waals surface area contributed by atoms with Crippen molar-refractivity contribution in [1.29, 1.82) is 0 Å². The number of carbonyl (C=O) groups is 1. The van der Waals surface area contributed by atoms with E-state index in [0.717, 1.165) is 5.69 Å². The molecule has 7 heteroatoms. The number of halogens is 1. The van der Waals surface area contributed by atoms with Crippen molar-refractivity contribution >= 4 is 29.7 Å². The van der Waals surface area contributed by atoms with Crippen LogP contribution in [0.3, 0.4) is 0 Å². The molecule has 2 aromatic rings. The quantitative estimate of drug-likeness (QED) is 0.695. The van der Waals surface area contributed by atoms with Crippen molar-refractivity contribution < 1.29 is 9.53 Å². The van der Waals surface area contributed by atoms with Crippen molar-refractivity contribution in [3.8, 4) is 0 Å². The summed E-state index contributed by atoms with van der Waals surface area (Å²) in [5, 5.41) is 4.49. The second-order valence-corrected chi connectivity index (χ2v) is 4.66. The van der Waals surface area contributed by atoms with Crippen molar-refractivity contribution in [3.05, 3.63) is 46.2 Å². The molecule has 21 heavy (non-hydrogen) atoms. The number of benzene rings is 1. The Morgan fingerprint density at radius 1 is 1.57 bits per heavy atom. The Bertz CT molecular complexity index is 694. The Morgan fingerprint density at radius 2 is 2.33 bits per heavy atom. The van der Waals surface area contributed by atoms with Gasteiger partial charge in [-0.2, -0.15) is 5.10 Å². The lowest BCUT2D eigenvalue weighted by Crippen LogP contribution is -2.09. The maximum Gasteiger partial charge on any atom is 0.340 e. The van der Waals surface area contributed by atoms with Gasteiger partial charge in [-0.1, -0.05) is 23.7 Å². The molecule has 0 aliphatic carbocycles. The number of nitrogen functional groups attached to an aromatic ring is 1. The van der Waals surface area contributed by atoms with E-state index >= 15 is 0 Å². The standard InChI is InChI=1S/C14H15ClN4O2/c1-3-21-13(20)12-10(5-4-6-11(12)15)7-17-19-8-9(2)18-14(19)16/h4-8H,3H2,1-2H3,(H2,16,18). The van der Waals surface area contributed by atoms with Crippen LogP contribution in [0, 0.1) is 6.92 Å². The highest BCUT2D eigenvalue weighted by Gasteiger charge is 2.15. The fraction of sp³-hybridized carbons (Fsp3) is 0.214. The van der Waals surface area contributed by atoms with Crippen molar-refractivity contribution in [2.45, 2.75) is 13.8 Å². The molecular weight excluding hydrogens is 292 g/mol. The monoisotopic (exact) mass is 306 g/mol. The molecule has 0 aliphatic heterocycles. The van der Waals surface area contributed by atoms with Gasteiger partial charge in [-0.3, -0.25) is 0 Å². The number of aromatic nitrogens is 2. The highest BCUT2D eigenvalue weighted by atomic mass is 35.5. The van der Waals surface area contributed by atoms with Gasteiger partial charge in [0.15, 0.2) is 0 Å². The smallest absolute Gasteiger partial charge is 0.340 e. The van der Waals surface area contributed by atoms with E-state index in [4.69, 9.17) is 22.1 Å². The number of rotatable bonds is 4. The Morgan fingerprint density at radius 3 is 2.95 bits per heavy atom. The molecule has 0 aliphatic rings. The van der Waals surface area contributed by atoms with E-state index in [-0.39, 0.29) is 18.1 Å². The van der Waals surface area contributed by atoms with Gasteiger partial charge in [0, 0.05) is 5.56 Å². The second-order valence-electron chi connectivity index (χ2n) is 4.25. The van der Waals surface area contributed by atoms with Crippen molar-refractivity contribution in [2.75, 3.05) is 12.3 Å². The molecule has 0 bridgehead atoms. The summed E-state index contributed by atoms with van der Waals surface area (Å²) in [5.74, 6) is -0.220.